The Morgan fingerprint density at radius 1 is 0.714 bits per heavy atom. The summed E-state index contributed by atoms with van der Waals surface area (Å²) in [6.07, 6.45) is -0.784. The highest BCUT2D eigenvalue weighted by Gasteiger charge is 2.27. The smallest absolute Gasteiger partial charge is 0.411 e. The standard InChI is InChI=1S/C28H22ClNO4S/c29-23-16-18-24(19-17-23)30-28(31)34-20-26(35(32,33)25-14-8-3-9-15-25)27(21-10-4-1-5-11-21)22-12-6-2-7-13-22/h1-19H,20H2,(H,30,31). The highest BCUT2D eigenvalue weighted by atomic mass is 35.5. The monoisotopic (exact) mass is 503 g/mol. The van der Waals surface area contributed by atoms with Gasteiger partial charge in [-0.3, -0.25) is 5.32 Å². The lowest BCUT2D eigenvalue weighted by atomic mass is 9.97. The first-order valence-corrected chi connectivity index (χ1v) is 12.6. The molecule has 7 heteroatoms. The summed E-state index contributed by atoms with van der Waals surface area (Å²) in [6, 6.07) is 33.0. The van der Waals surface area contributed by atoms with E-state index in [4.69, 9.17) is 16.3 Å². The maximum absolute atomic E-state index is 13.8. The summed E-state index contributed by atoms with van der Waals surface area (Å²) >= 11 is 5.89. The first-order chi connectivity index (χ1) is 16.9. The molecule has 4 aromatic carbocycles. The lowest BCUT2D eigenvalue weighted by molar-refractivity contribution is 0.173. The van der Waals surface area contributed by atoms with Crippen LogP contribution < -0.4 is 5.32 Å². The number of sulfone groups is 1. The number of hydrogen-bond donors (Lipinski definition) is 1. The van der Waals surface area contributed by atoms with Crippen molar-refractivity contribution in [1.82, 2.24) is 0 Å². The number of nitrogens with one attached hydrogen (secondary N) is 1. The summed E-state index contributed by atoms with van der Waals surface area (Å²) < 4.78 is 33.1. The maximum atomic E-state index is 13.8. The predicted molar refractivity (Wildman–Crippen MR) is 139 cm³/mol. The Labute approximate surface area is 209 Å². The summed E-state index contributed by atoms with van der Waals surface area (Å²) in [5, 5.41) is 3.12. The third kappa shape index (κ3) is 5.98. The minimum Gasteiger partial charge on any atom is -0.444 e. The molecule has 1 amide bonds. The molecule has 4 aromatic rings. The number of benzene rings is 4. The number of ether oxygens (including phenoxy) is 1. The molecule has 1 N–H and O–H groups in total. The van der Waals surface area contributed by atoms with Crippen molar-refractivity contribution in [3.63, 3.8) is 0 Å². The van der Waals surface area contributed by atoms with E-state index in [1.54, 1.807) is 42.5 Å². The summed E-state index contributed by atoms with van der Waals surface area (Å²) in [4.78, 5) is 12.7. The molecule has 0 saturated heterocycles. The normalized spacial score (nSPS) is 10.9. The lowest BCUT2D eigenvalue weighted by Crippen LogP contribution is -2.19. The molecule has 0 bridgehead atoms. The van der Waals surface area contributed by atoms with Crippen LogP contribution in [0.25, 0.3) is 5.57 Å². The van der Waals surface area contributed by atoms with Crippen LogP contribution >= 0.6 is 11.6 Å². The topological polar surface area (TPSA) is 72.5 Å². The molecule has 176 valence electrons. The number of carbonyl (C=O) groups excluding carboxylic acids is 1. The zero-order valence-electron chi connectivity index (χ0n) is 18.6. The van der Waals surface area contributed by atoms with E-state index in [0.717, 1.165) is 0 Å². The fourth-order valence-electron chi connectivity index (χ4n) is 3.54. The van der Waals surface area contributed by atoms with E-state index in [1.807, 2.05) is 60.7 Å². The van der Waals surface area contributed by atoms with Gasteiger partial charge in [0.25, 0.3) is 0 Å². The summed E-state index contributed by atoms with van der Waals surface area (Å²) in [5.41, 5.74) is 2.32. The fourth-order valence-corrected chi connectivity index (χ4v) is 5.19. The zero-order chi connectivity index (χ0) is 24.7. The Kier molecular flexibility index (Phi) is 7.65. The molecule has 0 aromatic heterocycles. The van der Waals surface area contributed by atoms with E-state index < -0.39 is 22.5 Å². The maximum Gasteiger partial charge on any atom is 0.411 e. The van der Waals surface area contributed by atoms with Crippen LogP contribution in [0.2, 0.25) is 5.02 Å². The molecular weight excluding hydrogens is 482 g/mol. The van der Waals surface area contributed by atoms with Gasteiger partial charge in [-0.1, -0.05) is 90.5 Å². The second-order valence-corrected chi connectivity index (χ2v) is 9.96. The van der Waals surface area contributed by atoms with Crippen LogP contribution in [0.1, 0.15) is 11.1 Å². The van der Waals surface area contributed by atoms with Crippen molar-refractivity contribution in [2.45, 2.75) is 4.90 Å². The molecule has 0 spiro atoms. The molecule has 0 aliphatic rings. The summed E-state index contributed by atoms with van der Waals surface area (Å²) in [5.74, 6) is 0. The van der Waals surface area contributed by atoms with Crippen molar-refractivity contribution in [2.75, 3.05) is 11.9 Å². The van der Waals surface area contributed by atoms with Gasteiger partial charge in [-0.2, -0.15) is 0 Å². The van der Waals surface area contributed by atoms with Gasteiger partial charge in [0.1, 0.15) is 6.61 Å². The first-order valence-electron chi connectivity index (χ1n) is 10.8. The Balaban J connectivity index is 1.79. The average Bonchev–Trinajstić information content (AvgIpc) is 2.89. The van der Waals surface area contributed by atoms with Gasteiger partial charge in [0.15, 0.2) is 0 Å². The Morgan fingerprint density at radius 3 is 1.71 bits per heavy atom. The van der Waals surface area contributed by atoms with Gasteiger partial charge in [-0.15, -0.1) is 0 Å². The highest BCUT2D eigenvalue weighted by molar-refractivity contribution is 7.95. The molecular formula is C28H22ClNO4S. The van der Waals surface area contributed by atoms with Gasteiger partial charge in [0, 0.05) is 16.3 Å². The van der Waals surface area contributed by atoms with Crippen molar-refractivity contribution in [2.24, 2.45) is 0 Å². The van der Waals surface area contributed by atoms with Gasteiger partial charge >= 0.3 is 6.09 Å². The number of amides is 1. The average molecular weight is 504 g/mol. The zero-order valence-corrected chi connectivity index (χ0v) is 20.2. The van der Waals surface area contributed by atoms with Crippen LogP contribution in [-0.4, -0.2) is 21.1 Å². The predicted octanol–water partition coefficient (Wildman–Crippen LogP) is 6.82. The minimum absolute atomic E-state index is 0.0210. The number of rotatable bonds is 7. The number of carbonyl (C=O) groups is 1. The molecule has 5 nitrogen and oxygen atoms in total. The van der Waals surface area contributed by atoms with Gasteiger partial charge in [-0.25, -0.2) is 13.2 Å². The van der Waals surface area contributed by atoms with E-state index in [9.17, 15) is 13.2 Å². The largest absolute Gasteiger partial charge is 0.444 e. The fraction of sp³-hybridized carbons (Fsp3) is 0.0357. The van der Waals surface area contributed by atoms with E-state index in [0.29, 0.717) is 27.4 Å². The van der Waals surface area contributed by atoms with E-state index in [2.05, 4.69) is 5.32 Å². The van der Waals surface area contributed by atoms with Crippen LogP contribution in [0.5, 0.6) is 0 Å². The summed E-state index contributed by atoms with van der Waals surface area (Å²) in [6.45, 7) is -0.463. The van der Waals surface area contributed by atoms with Crippen molar-refractivity contribution < 1.29 is 17.9 Å². The molecule has 35 heavy (non-hydrogen) atoms. The molecule has 4 rings (SSSR count). The first kappa shape index (κ1) is 24.3. The van der Waals surface area contributed by atoms with Gasteiger partial charge in [0.2, 0.25) is 9.84 Å². The van der Waals surface area contributed by atoms with Crippen LogP contribution in [-0.2, 0) is 14.6 Å². The quantitative estimate of drug-likeness (QED) is 0.300. The van der Waals surface area contributed by atoms with Gasteiger partial charge in [0.05, 0.1) is 9.80 Å². The van der Waals surface area contributed by atoms with Crippen molar-refractivity contribution in [1.29, 1.82) is 0 Å². The van der Waals surface area contributed by atoms with Crippen LogP contribution in [0.3, 0.4) is 0 Å². The van der Waals surface area contributed by atoms with Crippen LogP contribution in [0.4, 0.5) is 10.5 Å². The van der Waals surface area contributed by atoms with Crippen molar-refractivity contribution >= 4 is 38.8 Å². The van der Waals surface area contributed by atoms with Crippen LogP contribution in [0.15, 0.2) is 125 Å². The molecule has 0 atom stereocenters. The summed E-state index contributed by atoms with van der Waals surface area (Å²) in [7, 11) is -4.01. The van der Waals surface area contributed by atoms with E-state index >= 15 is 0 Å². The van der Waals surface area contributed by atoms with E-state index in [-0.39, 0.29) is 9.80 Å². The Morgan fingerprint density at radius 2 is 1.20 bits per heavy atom. The van der Waals surface area contributed by atoms with Crippen LogP contribution in [0, 0.1) is 0 Å². The number of hydrogen-bond acceptors (Lipinski definition) is 4. The molecule has 0 saturated carbocycles. The van der Waals surface area contributed by atoms with Crippen molar-refractivity contribution in [3.8, 4) is 0 Å². The molecule has 0 radical (unpaired) electrons. The Hall–Kier alpha value is -3.87. The third-order valence-electron chi connectivity index (χ3n) is 5.21. The molecule has 0 heterocycles. The number of anilines is 1. The molecule has 0 unspecified atom stereocenters. The van der Waals surface area contributed by atoms with Gasteiger partial charge in [-0.05, 0) is 47.5 Å². The molecule has 0 aliphatic heterocycles. The highest BCUT2D eigenvalue weighted by Crippen LogP contribution is 2.33. The van der Waals surface area contributed by atoms with Gasteiger partial charge < -0.3 is 4.74 Å². The van der Waals surface area contributed by atoms with Crippen molar-refractivity contribution in [3.05, 3.63) is 136 Å². The second kappa shape index (κ2) is 11.0. The molecule has 0 aliphatic carbocycles. The lowest BCUT2D eigenvalue weighted by Gasteiger charge is -2.18. The second-order valence-electron chi connectivity index (χ2n) is 7.55. The minimum atomic E-state index is -4.01. The SMILES string of the molecule is O=C(Nc1ccc(Cl)cc1)OCC(=C(c1ccccc1)c1ccccc1)S(=O)(=O)c1ccccc1. The Bertz CT molecular complexity index is 1380. The molecule has 0 fully saturated rings. The number of halogens is 1. The van der Waals surface area contributed by atoms with E-state index in [1.165, 1.54) is 12.1 Å². The third-order valence-corrected chi connectivity index (χ3v) is 7.32.